The molecule has 20 heavy (non-hydrogen) atoms. The van der Waals surface area contributed by atoms with Crippen LogP contribution in [0.4, 0.5) is 0 Å². The fourth-order valence-electron chi connectivity index (χ4n) is 2.78. The molecule has 0 aliphatic heterocycles. The highest BCUT2D eigenvalue weighted by molar-refractivity contribution is 5.79. The number of aryl methyl sites for hydroxylation is 2. The second kappa shape index (κ2) is 5.10. The number of fused-ring (bicyclic) bond motifs is 1. The van der Waals surface area contributed by atoms with E-state index in [1.54, 1.807) is 0 Å². The van der Waals surface area contributed by atoms with Gasteiger partial charge in [0.05, 0.1) is 16.7 Å². The third kappa shape index (κ3) is 2.00. The molecular formula is C17H19N3. The summed E-state index contributed by atoms with van der Waals surface area (Å²) in [5.74, 6) is 1.03. The summed E-state index contributed by atoms with van der Waals surface area (Å²) in [5.41, 5.74) is 11.7. The van der Waals surface area contributed by atoms with E-state index in [1.165, 1.54) is 16.8 Å². The van der Waals surface area contributed by atoms with E-state index >= 15 is 0 Å². The summed E-state index contributed by atoms with van der Waals surface area (Å²) in [5, 5.41) is 0. The van der Waals surface area contributed by atoms with Gasteiger partial charge in [0.15, 0.2) is 0 Å². The number of hydrogen-bond acceptors (Lipinski definition) is 2. The minimum absolute atomic E-state index is 0.605. The van der Waals surface area contributed by atoms with E-state index in [0.717, 1.165) is 23.3 Å². The molecule has 0 saturated carbocycles. The van der Waals surface area contributed by atoms with Crippen LogP contribution in [-0.4, -0.2) is 16.1 Å². The van der Waals surface area contributed by atoms with Gasteiger partial charge in [-0.1, -0.05) is 30.3 Å². The SMILES string of the molecule is Cc1cccc(C)c1-n1c(CCN)nc2ccccc21. The summed E-state index contributed by atoms with van der Waals surface area (Å²) in [7, 11) is 0. The zero-order valence-electron chi connectivity index (χ0n) is 11.9. The van der Waals surface area contributed by atoms with Crippen molar-refractivity contribution in [3.63, 3.8) is 0 Å². The summed E-state index contributed by atoms with van der Waals surface area (Å²) < 4.78 is 2.26. The lowest BCUT2D eigenvalue weighted by atomic mass is 10.1. The molecule has 0 spiro atoms. The Morgan fingerprint density at radius 2 is 1.70 bits per heavy atom. The number of nitrogens with two attached hydrogens (primary N) is 1. The molecule has 0 bridgehead atoms. The molecule has 0 amide bonds. The first-order valence-corrected chi connectivity index (χ1v) is 6.95. The standard InChI is InChI=1S/C17H19N3/c1-12-6-5-7-13(2)17(12)20-15-9-4-3-8-14(15)19-16(20)10-11-18/h3-9H,10-11,18H2,1-2H3. The molecule has 3 nitrogen and oxygen atoms in total. The molecule has 3 aromatic rings. The Labute approximate surface area is 119 Å². The Kier molecular flexibility index (Phi) is 3.28. The summed E-state index contributed by atoms with van der Waals surface area (Å²) >= 11 is 0. The number of benzene rings is 2. The van der Waals surface area contributed by atoms with Gasteiger partial charge >= 0.3 is 0 Å². The lowest BCUT2D eigenvalue weighted by Crippen LogP contribution is -2.10. The number of para-hydroxylation sites is 3. The van der Waals surface area contributed by atoms with Crippen LogP contribution in [0.3, 0.4) is 0 Å². The Balaban J connectivity index is 2.36. The van der Waals surface area contributed by atoms with Crippen LogP contribution in [0.1, 0.15) is 17.0 Å². The summed E-state index contributed by atoms with van der Waals surface area (Å²) in [6.07, 6.45) is 0.780. The van der Waals surface area contributed by atoms with Crippen molar-refractivity contribution < 1.29 is 0 Å². The van der Waals surface area contributed by atoms with Gasteiger partial charge in [-0.05, 0) is 43.7 Å². The average molecular weight is 265 g/mol. The molecule has 0 atom stereocenters. The Bertz CT molecular complexity index is 736. The molecular weight excluding hydrogens is 246 g/mol. The predicted octanol–water partition coefficient (Wildman–Crippen LogP) is 3.14. The van der Waals surface area contributed by atoms with Gasteiger partial charge in [-0.15, -0.1) is 0 Å². The van der Waals surface area contributed by atoms with Crippen molar-refractivity contribution in [3.05, 3.63) is 59.4 Å². The van der Waals surface area contributed by atoms with Crippen LogP contribution in [0.5, 0.6) is 0 Å². The van der Waals surface area contributed by atoms with Gasteiger partial charge in [0.1, 0.15) is 5.82 Å². The highest BCUT2D eigenvalue weighted by Gasteiger charge is 2.14. The molecule has 2 aromatic carbocycles. The summed E-state index contributed by atoms with van der Waals surface area (Å²) in [6, 6.07) is 14.6. The highest BCUT2D eigenvalue weighted by Crippen LogP contribution is 2.26. The maximum absolute atomic E-state index is 5.75. The van der Waals surface area contributed by atoms with Gasteiger partial charge in [0.2, 0.25) is 0 Å². The van der Waals surface area contributed by atoms with Crippen molar-refractivity contribution in [3.8, 4) is 5.69 Å². The van der Waals surface area contributed by atoms with Crippen molar-refractivity contribution in [2.45, 2.75) is 20.3 Å². The third-order valence-electron chi connectivity index (χ3n) is 3.66. The second-order valence-electron chi connectivity index (χ2n) is 5.13. The molecule has 0 aliphatic carbocycles. The van der Waals surface area contributed by atoms with E-state index in [2.05, 4.69) is 54.8 Å². The lowest BCUT2D eigenvalue weighted by molar-refractivity contribution is 0.842. The molecule has 0 fully saturated rings. The monoisotopic (exact) mass is 265 g/mol. The Hall–Kier alpha value is -2.13. The minimum Gasteiger partial charge on any atom is -0.330 e. The molecule has 1 aromatic heterocycles. The van der Waals surface area contributed by atoms with Crippen LogP contribution in [0, 0.1) is 13.8 Å². The van der Waals surface area contributed by atoms with Gasteiger partial charge < -0.3 is 5.73 Å². The van der Waals surface area contributed by atoms with E-state index in [1.807, 2.05) is 6.07 Å². The maximum atomic E-state index is 5.75. The smallest absolute Gasteiger partial charge is 0.115 e. The number of aromatic nitrogens is 2. The molecule has 0 aliphatic rings. The molecule has 3 rings (SSSR count). The van der Waals surface area contributed by atoms with Crippen molar-refractivity contribution in [2.75, 3.05) is 6.54 Å². The van der Waals surface area contributed by atoms with Gasteiger partial charge in [0.25, 0.3) is 0 Å². The summed E-state index contributed by atoms with van der Waals surface area (Å²) in [4.78, 5) is 4.74. The van der Waals surface area contributed by atoms with Crippen LogP contribution in [0.2, 0.25) is 0 Å². The number of nitrogens with zero attached hydrogens (tertiary/aromatic N) is 2. The average Bonchev–Trinajstić information content (AvgIpc) is 2.78. The van der Waals surface area contributed by atoms with E-state index in [4.69, 9.17) is 10.7 Å². The third-order valence-corrected chi connectivity index (χ3v) is 3.66. The van der Waals surface area contributed by atoms with E-state index in [0.29, 0.717) is 6.54 Å². The van der Waals surface area contributed by atoms with Crippen molar-refractivity contribution in [2.24, 2.45) is 5.73 Å². The largest absolute Gasteiger partial charge is 0.330 e. The van der Waals surface area contributed by atoms with Gasteiger partial charge in [-0.3, -0.25) is 4.57 Å². The molecule has 0 unspecified atom stereocenters. The van der Waals surface area contributed by atoms with Gasteiger partial charge in [-0.2, -0.15) is 0 Å². The zero-order valence-corrected chi connectivity index (χ0v) is 11.9. The normalized spacial score (nSPS) is 11.2. The number of rotatable bonds is 3. The Morgan fingerprint density at radius 1 is 1.00 bits per heavy atom. The fourth-order valence-corrected chi connectivity index (χ4v) is 2.78. The van der Waals surface area contributed by atoms with Crippen molar-refractivity contribution >= 4 is 11.0 Å². The van der Waals surface area contributed by atoms with Crippen LogP contribution < -0.4 is 5.73 Å². The first-order valence-electron chi connectivity index (χ1n) is 6.95. The fraction of sp³-hybridized carbons (Fsp3) is 0.235. The molecule has 0 radical (unpaired) electrons. The van der Waals surface area contributed by atoms with Crippen LogP contribution in [0.25, 0.3) is 16.7 Å². The van der Waals surface area contributed by atoms with Crippen LogP contribution in [0.15, 0.2) is 42.5 Å². The van der Waals surface area contributed by atoms with Crippen LogP contribution >= 0.6 is 0 Å². The number of hydrogen-bond donors (Lipinski definition) is 1. The van der Waals surface area contributed by atoms with E-state index in [-0.39, 0.29) is 0 Å². The Morgan fingerprint density at radius 3 is 2.40 bits per heavy atom. The van der Waals surface area contributed by atoms with Gasteiger partial charge in [-0.25, -0.2) is 4.98 Å². The summed E-state index contributed by atoms with van der Waals surface area (Å²) in [6.45, 7) is 4.89. The second-order valence-corrected chi connectivity index (χ2v) is 5.13. The van der Waals surface area contributed by atoms with E-state index < -0.39 is 0 Å². The molecule has 0 saturated heterocycles. The molecule has 2 N–H and O–H groups in total. The van der Waals surface area contributed by atoms with Crippen molar-refractivity contribution in [1.29, 1.82) is 0 Å². The minimum atomic E-state index is 0.605. The highest BCUT2D eigenvalue weighted by atomic mass is 15.1. The zero-order chi connectivity index (χ0) is 14.1. The predicted molar refractivity (Wildman–Crippen MR) is 83.3 cm³/mol. The first-order chi connectivity index (χ1) is 9.72. The van der Waals surface area contributed by atoms with Crippen molar-refractivity contribution in [1.82, 2.24) is 9.55 Å². The molecule has 102 valence electrons. The first kappa shape index (κ1) is 12.9. The topological polar surface area (TPSA) is 43.8 Å². The van der Waals surface area contributed by atoms with E-state index in [9.17, 15) is 0 Å². The van der Waals surface area contributed by atoms with Gasteiger partial charge in [0, 0.05) is 6.42 Å². The molecule has 3 heteroatoms. The molecule has 1 heterocycles. The van der Waals surface area contributed by atoms with Crippen LogP contribution in [-0.2, 0) is 6.42 Å². The quantitative estimate of drug-likeness (QED) is 0.790. The maximum Gasteiger partial charge on any atom is 0.115 e. The lowest BCUT2D eigenvalue weighted by Gasteiger charge is -2.14. The number of imidazole rings is 1.